The van der Waals surface area contributed by atoms with Crippen LogP contribution in [0.3, 0.4) is 0 Å². The lowest BCUT2D eigenvalue weighted by Crippen LogP contribution is -2.30. The molecule has 1 unspecified atom stereocenters. The van der Waals surface area contributed by atoms with E-state index in [9.17, 15) is 19.7 Å². The van der Waals surface area contributed by atoms with E-state index in [1.165, 1.54) is 32.2 Å². The van der Waals surface area contributed by atoms with Gasteiger partial charge in [-0.2, -0.15) is 0 Å². The van der Waals surface area contributed by atoms with Gasteiger partial charge < -0.3 is 19.8 Å². The van der Waals surface area contributed by atoms with Crippen LogP contribution in [0, 0.1) is 10.1 Å². The van der Waals surface area contributed by atoms with Crippen LogP contribution >= 0.6 is 15.9 Å². The van der Waals surface area contributed by atoms with Gasteiger partial charge in [-0.3, -0.25) is 14.9 Å². The number of rotatable bonds is 6. The van der Waals surface area contributed by atoms with Gasteiger partial charge in [0.15, 0.2) is 6.10 Å². The van der Waals surface area contributed by atoms with Gasteiger partial charge in [-0.1, -0.05) is 18.2 Å². The summed E-state index contributed by atoms with van der Waals surface area (Å²) in [5, 5.41) is 14.2. The van der Waals surface area contributed by atoms with Gasteiger partial charge in [-0.05, 0) is 35.0 Å². The number of ether oxygens (including phenoxy) is 2. The monoisotopic (exact) mass is 461 g/mol. The van der Waals surface area contributed by atoms with Crippen molar-refractivity contribution in [2.75, 3.05) is 12.4 Å². The van der Waals surface area contributed by atoms with E-state index < -0.39 is 22.9 Å². The fraction of sp³-hybridized carbons (Fsp3) is 0.158. The number of fused-ring (bicyclic) bond motifs is 1. The standard InChI is InChI=1S/C19H16BrN3O6/c1-10(18(24)22-14-9-11(23(26)27)7-8-15(14)28-2)29-19(25)17-16(20)12-5-3-4-6-13(12)21-17/h3-10,21H,1-2H3,(H,22,24). The number of hydrogen-bond acceptors (Lipinski definition) is 6. The predicted octanol–water partition coefficient (Wildman–Crippen LogP) is 4.03. The third-order valence-electron chi connectivity index (χ3n) is 4.15. The second-order valence-electron chi connectivity index (χ2n) is 6.04. The summed E-state index contributed by atoms with van der Waals surface area (Å²) >= 11 is 3.36. The summed E-state index contributed by atoms with van der Waals surface area (Å²) in [6.45, 7) is 1.40. The molecule has 1 amide bonds. The molecule has 0 aliphatic rings. The normalized spacial score (nSPS) is 11.7. The van der Waals surface area contributed by atoms with Crippen LogP contribution < -0.4 is 10.1 Å². The van der Waals surface area contributed by atoms with E-state index in [-0.39, 0.29) is 22.8 Å². The average molecular weight is 462 g/mol. The molecule has 0 saturated heterocycles. The molecule has 1 aromatic heterocycles. The Hall–Kier alpha value is -3.40. The molecule has 1 heterocycles. The average Bonchev–Trinajstić information content (AvgIpc) is 3.04. The largest absolute Gasteiger partial charge is 0.495 e. The maximum atomic E-state index is 12.5. The number of carbonyl (C=O) groups is 2. The summed E-state index contributed by atoms with van der Waals surface area (Å²) in [5.74, 6) is -1.15. The number of nitro benzene ring substituents is 1. The topological polar surface area (TPSA) is 124 Å². The number of nitrogens with one attached hydrogen (secondary N) is 2. The zero-order valence-corrected chi connectivity index (χ0v) is 17.0. The highest BCUT2D eigenvalue weighted by Gasteiger charge is 2.24. The van der Waals surface area contributed by atoms with Gasteiger partial charge in [0.2, 0.25) is 0 Å². The number of aromatic amines is 1. The second-order valence-corrected chi connectivity index (χ2v) is 6.83. The molecule has 9 nitrogen and oxygen atoms in total. The van der Waals surface area contributed by atoms with E-state index in [1.54, 1.807) is 0 Å². The Morgan fingerprint density at radius 1 is 1.24 bits per heavy atom. The lowest BCUT2D eigenvalue weighted by atomic mass is 10.2. The smallest absolute Gasteiger partial charge is 0.356 e. The molecule has 150 valence electrons. The first kappa shape index (κ1) is 20.3. The molecule has 2 N–H and O–H groups in total. The number of nitro groups is 1. The number of H-pyrrole nitrogens is 1. The summed E-state index contributed by atoms with van der Waals surface area (Å²) < 4.78 is 10.9. The quantitative estimate of drug-likeness (QED) is 0.324. The summed E-state index contributed by atoms with van der Waals surface area (Å²) in [5.41, 5.74) is 0.803. The molecular weight excluding hydrogens is 446 g/mol. The number of carbonyl (C=O) groups excluding carboxylic acids is 2. The van der Waals surface area contributed by atoms with Gasteiger partial charge in [0.25, 0.3) is 11.6 Å². The highest BCUT2D eigenvalue weighted by atomic mass is 79.9. The lowest BCUT2D eigenvalue weighted by molar-refractivity contribution is -0.384. The Kier molecular flexibility index (Phi) is 5.83. The molecule has 29 heavy (non-hydrogen) atoms. The summed E-state index contributed by atoms with van der Waals surface area (Å²) in [4.78, 5) is 38.3. The van der Waals surface area contributed by atoms with Crippen LogP contribution in [0.1, 0.15) is 17.4 Å². The highest BCUT2D eigenvalue weighted by Crippen LogP contribution is 2.30. The predicted molar refractivity (Wildman–Crippen MR) is 109 cm³/mol. The third kappa shape index (κ3) is 4.21. The van der Waals surface area contributed by atoms with Crippen LogP contribution in [0.2, 0.25) is 0 Å². The van der Waals surface area contributed by atoms with Gasteiger partial charge in [-0.15, -0.1) is 0 Å². The first-order valence-corrected chi connectivity index (χ1v) is 9.21. The van der Waals surface area contributed by atoms with Crippen LogP contribution in [-0.2, 0) is 9.53 Å². The van der Waals surface area contributed by atoms with Crippen LogP contribution in [0.4, 0.5) is 11.4 Å². The third-order valence-corrected chi connectivity index (χ3v) is 4.98. The number of non-ortho nitro benzene ring substituents is 1. The van der Waals surface area contributed by atoms with Crippen LogP contribution in [0.15, 0.2) is 46.9 Å². The molecule has 0 aliphatic heterocycles. The number of anilines is 1. The Morgan fingerprint density at radius 3 is 2.62 bits per heavy atom. The molecule has 10 heteroatoms. The van der Waals surface area contributed by atoms with Crippen molar-refractivity contribution in [3.63, 3.8) is 0 Å². The van der Waals surface area contributed by atoms with Crippen molar-refractivity contribution in [2.45, 2.75) is 13.0 Å². The van der Waals surface area contributed by atoms with E-state index in [1.807, 2.05) is 24.3 Å². The van der Waals surface area contributed by atoms with Gasteiger partial charge >= 0.3 is 5.97 Å². The van der Waals surface area contributed by atoms with E-state index in [0.29, 0.717) is 4.47 Å². The number of benzene rings is 2. The summed E-state index contributed by atoms with van der Waals surface area (Å²) in [6, 6.07) is 11.1. The van der Waals surface area contributed by atoms with Crippen molar-refractivity contribution in [1.82, 2.24) is 4.98 Å². The molecule has 0 radical (unpaired) electrons. The maximum absolute atomic E-state index is 12.5. The lowest BCUT2D eigenvalue weighted by Gasteiger charge is -2.15. The molecular formula is C19H16BrN3O6. The highest BCUT2D eigenvalue weighted by molar-refractivity contribution is 9.10. The van der Waals surface area contributed by atoms with Crippen molar-refractivity contribution in [3.05, 3.63) is 62.7 Å². The zero-order chi connectivity index (χ0) is 21.1. The molecule has 3 rings (SSSR count). The van der Waals surface area contributed by atoms with Crippen molar-refractivity contribution in [1.29, 1.82) is 0 Å². The molecule has 0 spiro atoms. The number of halogens is 1. The number of methoxy groups -OCH3 is 1. The molecule has 3 aromatic rings. The van der Waals surface area contributed by atoms with Gasteiger partial charge in [0.05, 0.1) is 22.2 Å². The van der Waals surface area contributed by atoms with Crippen molar-refractivity contribution >= 4 is 50.1 Å². The minimum absolute atomic E-state index is 0.0985. The van der Waals surface area contributed by atoms with E-state index in [2.05, 4.69) is 26.2 Å². The zero-order valence-electron chi connectivity index (χ0n) is 15.4. The molecule has 2 aromatic carbocycles. The maximum Gasteiger partial charge on any atom is 0.356 e. The SMILES string of the molecule is COc1ccc([N+](=O)[O-])cc1NC(=O)C(C)OC(=O)c1[nH]c2ccccc2c1Br. The van der Waals surface area contributed by atoms with Crippen molar-refractivity contribution in [3.8, 4) is 5.75 Å². The van der Waals surface area contributed by atoms with Gasteiger partial charge in [-0.25, -0.2) is 4.79 Å². The Labute approximate surface area is 173 Å². The van der Waals surface area contributed by atoms with E-state index in [0.717, 1.165) is 10.9 Å². The van der Waals surface area contributed by atoms with E-state index in [4.69, 9.17) is 9.47 Å². The minimum Gasteiger partial charge on any atom is -0.495 e. The Morgan fingerprint density at radius 2 is 1.97 bits per heavy atom. The number of amides is 1. The minimum atomic E-state index is -1.16. The first-order chi connectivity index (χ1) is 13.8. The molecule has 0 aliphatic carbocycles. The molecule has 0 fully saturated rings. The Bertz CT molecular complexity index is 1110. The number of nitrogens with zero attached hydrogens (tertiary/aromatic N) is 1. The summed E-state index contributed by atoms with van der Waals surface area (Å²) in [6.07, 6.45) is -1.16. The number of aromatic nitrogens is 1. The number of para-hydroxylation sites is 1. The molecule has 0 bridgehead atoms. The van der Waals surface area contributed by atoms with Gasteiger partial charge in [0.1, 0.15) is 11.4 Å². The number of esters is 1. The number of hydrogen-bond donors (Lipinski definition) is 2. The Balaban J connectivity index is 1.75. The second kappa shape index (κ2) is 8.31. The van der Waals surface area contributed by atoms with Crippen LogP contribution in [0.25, 0.3) is 10.9 Å². The molecule has 0 saturated carbocycles. The van der Waals surface area contributed by atoms with Crippen LogP contribution in [0.5, 0.6) is 5.75 Å². The van der Waals surface area contributed by atoms with Crippen molar-refractivity contribution < 1.29 is 24.0 Å². The van der Waals surface area contributed by atoms with E-state index >= 15 is 0 Å². The summed E-state index contributed by atoms with van der Waals surface area (Å²) in [7, 11) is 1.37. The fourth-order valence-corrected chi connectivity index (χ4v) is 3.27. The first-order valence-electron chi connectivity index (χ1n) is 8.42. The fourth-order valence-electron chi connectivity index (χ4n) is 2.66. The molecule has 1 atom stereocenters. The van der Waals surface area contributed by atoms with Crippen molar-refractivity contribution in [2.24, 2.45) is 0 Å². The van der Waals surface area contributed by atoms with Crippen LogP contribution in [-0.4, -0.2) is 35.0 Å². The van der Waals surface area contributed by atoms with Gasteiger partial charge in [0, 0.05) is 23.0 Å².